The first-order chi connectivity index (χ1) is 13.6. The normalized spacial score (nSPS) is 28.8. The minimum Gasteiger partial charge on any atom is -0.383 e. The number of rotatable bonds is 6. The number of methoxy groups -OCH3 is 1. The lowest BCUT2D eigenvalue weighted by Gasteiger charge is -2.24. The molecule has 14 heteroatoms. The van der Waals surface area contributed by atoms with Crippen molar-refractivity contribution in [3.63, 3.8) is 0 Å². The zero-order valence-corrected chi connectivity index (χ0v) is 16.8. The van der Waals surface area contributed by atoms with Gasteiger partial charge in [-0.3, -0.25) is 4.18 Å². The summed E-state index contributed by atoms with van der Waals surface area (Å²) in [5, 5.41) is 10.0. The van der Waals surface area contributed by atoms with Crippen LogP contribution in [0.5, 0.6) is 0 Å². The van der Waals surface area contributed by atoms with Crippen LogP contribution >= 0.6 is 0 Å². The zero-order valence-electron chi connectivity index (χ0n) is 16.0. The standard InChI is InChI=1S/C15H22N6O7S/c1-15(2)27-10-8(5-25-29(17,22)23)26-14(11(10)28-15)21-13-9(7(20-21)4-24-3)12(16)18-6-19-13/h6,8,10-11,14H,4-5H2,1-3H3,(H2,16,18,19)(H2,17,22,23)/t8-,10-,11-,14-/m1/s1. The molecule has 0 unspecified atom stereocenters. The van der Waals surface area contributed by atoms with Crippen LogP contribution in [0.25, 0.3) is 11.0 Å². The molecule has 2 aliphatic heterocycles. The first-order valence-corrected chi connectivity index (χ1v) is 10.2. The Morgan fingerprint density at radius 2 is 2.00 bits per heavy atom. The highest BCUT2D eigenvalue weighted by atomic mass is 32.2. The number of hydrogen-bond donors (Lipinski definition) is 2. The van der Waals surface area contributed by atoms with Crippen LogP contribution < -0.4 is 10.9 Å². The van der Waals surface area contributed by atoms with E-state index in [-0.39, 0.29) is 19.0 Å². The van der Waals surface area contributed by atoms with Gasteiger partial charge in [0, 0.05) is 7.11 Å². The Labute approximate surface area is 166 Å². The fourth-order valence-corrected chi connectivity index (χ4v) is 3.96. The first kappa shape index (κ1) is 20.3. The highest BCUT2D eigenvalue weighted by Crippen LogP contribution is 2.44. The summed E-state index contributed by atoms with van der Waals surface area (Å²) in [5.74, 6) is -0.662. The van der Waals surface area contributed by atoms with E-state index in [0.717, 1.165) is 0 Å². The second-order valence-corrected chi connectivity index (χ2v) is 8.41. The van der Waals surface area contributed by atoms with Crippen LogP contribution in [0.15, 0.2) is 6.33 Å². The second kappa shape index (κ2) is 7.09. The van der Waals surface area contributed by atoms with E-state index in [1.807, 2.05) is 0 Å². The highest BCUT2D eigenvalue weighted by Gasteiger charge is 2.56. The van der Waals surface area contributed by atoms with E-state index in [4.69, 9.17) is 34.0 Å². The Hall–Kier alpha value is -1.94. The maximum Gasteiger partial charge on any atom is 0.333 e. The van der Waals surface area contributed by atoms with Crippen molar-refractivity contribution in [3.05, 3.63) is 12.0 Å². The van der Waals surface area contributed by atoms with Crippen LogP contribution in [0.4, 0.5) is 5.82 Å². The Kier molecular flexibility index (Phi) is 4.97. The summed E-state index contributed by atoms with van der Waals surface area (Å²) in [6, 6.07) is 0. The largest absolute Gasteiger partial charge is 0.383 e. The molecule has 0 spiro atoms. The Morgan fingerprint density at radius 3 is 2.69 bits per heavy atom. The van der Waals surface area contributed by atoms with Crippen molar-refractivity contribution >= 4 is 27.2 Å². The van der Waals surface area contributed by atoms with Crippen LogP contribution in [-0.4, -0.2) is 66.0 Å². The van der Waals surface area contributed by atoms with Crippen molar-refractivity contribution in [1.82, 2.24) is 19.7 Å². The van der Waals surface area contributed by atoms with Gasteiger partial charge >= 0.3 is 10.3 Å². The number of nitrogens with zero attached hydrogens (tertiary/aromatic N) is 4. The third kappa shape index (κ3) is 3.79. The molecule has 13 nitrogen and oxygen atoms in total. The Balaban J connectivity index is 1.73. The van der Waals surface area contributed by atoms with Crippen molar-refractivity contribution in [3.8, 4) is 0 Å². The van der Waals surface area contributed by atoms with E-state index in [1.165, 1.54) is 18.1 Å². The lowest BCUT2D eigenvalue weighted by atomic mass is 10.1. The molecule has 0 saturated carbocycles. The summed E-state index contributed by atoms with van der Waals surface area (Å²) >= 11 is 0. The number of anilines is 1. The van der Waals surface area contributed by atoms with Crippen LogP contribution in [0, 0.1) is 0 Å². The molecule has 4 atom stereocenters. The van der Waals surface area contributed by atoms with Crippen molar-refractivity contribution in [2.24, 2.45) is 5.14 Å². The third-order valence-corrected chi connectivity index (χ3v) is 5.10. The van der Waals surface area contributed by atoms with Crippen LogP contribution in [-0.2, 0) is 40.0 Å². The molecule has 29 heavy (non-hydrogen) atoms. The van der Waals surface area contributed by atoms with Gasteiger partial charge in [-0.2, -0.15) is 13.5 Å². The van der Waals surface area contributed by atoms with Gasteiger partial charge in [-0.1, -0.05) is 0 Å². The molecule has 0 aliphatic carbocycles. The molecule has 4 N–H and O–H groups in total. The minimum atomic E-state index is -4.15. The van der Waals surface area contributed by atoms with Crippen molar-refractivity contribution in [2.45, 2.75) is 50.8 Å². The van der Waals surface area contributed by atoms with Crippen LogP contribution in [0.1, 0.15) is 25.8 Å². The van der Waals surface area contributed by atoms with Gasteiger partial charge < -0.3 is 24.7 Å². The molecule has 0 aromatic carbocycles. The van der Waals surface area contributed by atoms with Gasteiger partial charge in [0.15, 0.2) is 17.7 Å². The molecular formula is C15H22N6O7S. The lowest BCUT2D eigenvalue weighted by molar-refractivity contribution is -0.200. The van der Waals surface area contributed by atoms with Gasteiger partial charge in [0.05, 0.1) is 18.6 Å². The predicted molar refractivity (Wildman–Crippen MR) is 97.2 cm³/mol. The van der Waals surface area contributed by atoms with Gasteiger partial charge in [0.25, 0.3) is 0 Å². The Morgan fingerprint density at radius 1 is 1.28 bits per heavy atom. The van der Waals surface area contributed by atoms with Gasteiger partial charge in [-0.15, -0.1) is 0 Å². The lowest BCUT2D eigenvalue weighted by Crippen LogP contribution is -2.34. The summed E-state index contributed by atoms with van der Waals surface area (Å²) in [5.41, 5.74) is 6.97. The number of nitrogens with two attached hydrogens (primary N) is 2. The molecule has 0 bridgehead atoms. The molecule has 2 fully saturated rings. The maximum absolute atomic E-state index is 11.2. The van der Waals surface area contributed by atoms with E-state index >= 15 is 0 Å². The second-order valence-electron chi connectivity index (χ2n) is 7.19. The van der Waals surface area contributed by atoms with Crippen molar-refractivity contribution in [2.75, 3.05) is 19.5 Å². The fraction of sp³-hybridized carbons (Fsp3) is 0.667. The van der Waals surface area contributed by atoms with Crippen LogP contribution in [0.3, 0.4) is 0 Å². The number of aromatic nitrogens is 4. The SMILES string of the molecule is COCc1nn([C@@H]2O[C@H](COS(N)(=O)=O)[C@H]3OC(C)(C)O[C@H]32)c2ncnc(N)c12. The highest BCUT2D eigenvalue weighted by molar-refractivity contribution is 7.84. The average Bonchev–Trinajstić information content (AvgIpc) is 3.22. The summed E-state index contributed by atoms with van der Waals surface area (Å²) in [4.78, 5) is 8.29. The smallest absolute Gasteiger partial charge is 0.333 e. The zero-order chi connectivity index (χ0) is 21.0. The minimum absolute atomic E-state index is 0.183. The molecule has 160 valence electrons. The van der Waals surface area contributed by atoms with E-state index in [0.29, 0.717) is 16.7 Å². The summed E-state index contributed by atoms with van der Waals surface area (Å²) in [6.07, 6.45) is -1.45. The monoisotopic (exact) mass is 430 g/mol. The first-order valence-electron chi connectivity index (χ1n) is 8.74. The molecule has 0 radical (unpaired) electrons. The third-order valence-electron chi connectivity index (χ3n) is 4.63. The number of nitrogen functional groups attached to an aromatic ring is 1. The molecule has 2 aliphatic rings. The van der Waals surface area contributed by atoms with E-state index < -0.39 is 40.6 Å². The van der Waals surface area contributed by atoms with Gasteiger partial charge in [0.1, 0.15) is 36.2 Å². The molecule has 4 rings (SSSR count). The maximum atomic E-state index is 11.2. The molecule has 2 aromatic rings. The van der Waals surface area contributed by atoms with Gasteiger partial charge in [-0.25, -0.2) is 19.8 Å². The summed E-state index contributed by atoms with van der Waals surface area (Å²) < 4.78 is 51.8. The summed E-state index contributed by atoms with van der Waals surface area (Å²) in [6.45, 7) is 3.34. The Bertz CT molecular complexity index is 1030. The van der Waals surface area contributed by atoms with E-state index in [1.54, 1.807) is 13.8 Å². The molecule has 2 aromatic heterocycles. The summed E-state index contributed by atoms with van der Waals surface area (Å²) in [7, 11) is -2.62. The van der Waals surface area contributed by atoms with Crippen molar-refractivity contribution in [1.29, 1.82) is 0 Å². The predicted octanol–water partition coefficient (Wildman–Crippen LogP) is -0.807. The number of hydrogen-bond acceptors (Lipinski definition) is 11. The van der Waals surface area contributed by atoms with E-state index in [9.17, 15) is 8.42 Å². The molecular weight excluding hydrogens is 408 g/mol. The van der Waals surface area contributed by atoms with Gasteiger partial charge in [-0.05, 0) is 13.8 Å². The average molecular weight is 430 g/mol. The van der Waals surface area contributed by atoms with Crippen LogP contribution in [0.2, 0.25) is 0 Å². The van der Waals surface area contributed by atoms with E-state index in [2.05, 4.69) is 15.1 Å². The van der Waals surface area contributed by atoms with Gasteiger partial charge in [0.2, 0.25) is 0 Å². The topological polar surface area (TPSA) is 176 Å². The number of ether oxygens (including phenoxy) is 4. The van der Waals surface area contributed by atoms with Crippen molar-refractivity contribution < 1.29 is 31.5 Å². The molecule has 4 heterocycles. The quantitative estimate of drug-likeness (QED) is 0.586. The molecule has 0 amide bonds. The number of fused-ring (bicyclic) bond motifs is 2. The fourth-order valence-electron chi connectivity index (χ4n) is 3.63. The molecule has 2 saturated heterocycles.